The van der Waals surface area contributed by atoms with Gasteiger partial charge in [-0.1, -0.05) is 6.08 Å². The Kier molecular flexibility index (Phi) is 0.952. The van der Waals surface area contributed by atoms with E-state index < -0.39 is 0 Å². The van der Waals surface area contributed by atoms with Crippen molar-refractivity contribution in [2.75, 3.05) is 0 Å². The summed E-state index contributed by atoms with van der Waals surface area (Å²) in [4.78, 5) is 11.1. The van der Waals surface area contributed by atoms with E-state index >= 15 is 0 Å². The number of nitrogens with one attached hydrogen (secondary N) is 2. The van der Waals surface area contributed by atoms with Crippen LogP contribution in [-0.2, 0) is 4.79 Å². The van der Waals surface area contributed by atoms with Gasteiger partial charge in [-0.05, 0) is 18.8 Å². The molecule has 0 aromatic rings. The van der Waals surface area contributed by atoms with E-state index in [-0.39, 0.29) is 17.5 Å². The average molecular weight is 166 g/mol. The fourth-order valence-electron chi connectivity index (χ4n) is 2.56. The lowest BCUT2D eigenvalue weighted by Gasteiger charge is -2.31. The maximum Gasteiger partial charge on any atom is 0.271 e. The lowest BCUT2D eigenvalue weighted by Crippen LogP contribution is -2.35. The van der Waals surface area contributed by atoms with Gasteiger partial charge in [-0.3, -0.25) is 10.0 Å². The lowest BCUT2D eigenvalue weighted by atomic mass is 9.74. The Morgan fingerprint density at radius 2 is 2.67 bits per heavy atom. The predicted molar refractivity (Wildman–Crippen MR) is 40.4 cm³/mol. The zero-order valence-corrected chi connectivity index (χ0v) is 6.50. The Morgan fingerprint density at radius 1 is 1.83 bits per heavy atom. The molecule has 1 amide bonds. The van der Waals surface area contributed by atoms with Crippen molar-refractivity contribution in [1.29, 1.82) is 0 Å². The lowest BCUT2D eigenvalue weighted by molar-refractivity contribution is -0.125. The van der Waals surface area contributed by atoms with Gasteiger partial charge < -0.3 is 5.32 Å². The summed E-state index contributed by atoms with van der Waals surface area (Å²) in [6.07, 6.45) is 4.34. The number of hydroxylamine groups is 1. The first-order valence-electron chi connectivity index (χ1n) is 4.22. The Bertz CT molecular complexity index is 299. The minimum atomic E-state index is -0.348. The van der Waals surface area contributed by atoms with E-state index in [1.165, 1.54) is 12.8 Å². The van der Waals surface area contributed by atoms with Gasteiger partial charge in [0, 0.05) is 11.1 Å². The standard InChI is InChI=1S/C8H10N2O2/c11-7(10-12)5-3-4-1-2-8(4)6(5)9-8/h3-4,6,9,12H,1-2H2,(H,10,11). The van der Waals surface area contributed by atoms with Crippen LogP contribution in [0.5, 0.6) is 0 Å². The van der Waals surface area contributed by atoms with E-state index in [2.05, 4.69) is 5.32 Å². The first kappa shape index (κ1) is 6.62. The van der Waals surface area contributed by atoms with Gasteiger partial charge in [0.1, 0.15) is 0 Å². The summed E-state index contributed by atoms with van der Waals surface area (Å²) in [6.45, 7) is 0. The molecule has 3 atom stereocenters. The number of rotatable bonds is 1. The second kappa shape index (κ2) is 1.72. The highest BCUT2D eigenvalue weighted by atomic mass is 16.5. The molecule has 3 aliphatic rings. The zero-order chi connectivity index (χ0) is 8.34. The summed E-state index contributed by atoms with van der Waals surface area (Å²) in [5.74, 6) is 0.188. The van der Waals surface area contributed by atoms with Crippen molar-refractivity contribution in [2.24, 2.45) is 5.92 Å². The highest BCUT2D eigenvalue weighted by Gasteiger charge is 2.68. The fraction of sp³-hybridized carbons (Fsp3) is 0.625. The third-order valence-electron chi connectivity index (χ3n) is 3.43. The van der Waals surface area contributed by atoms with Crippen LogP contribution in [0.25, 0.3) is 0 Å². The summed E-state index contributed by atoms with van der Waals surface area (Å²) < 4.78 is 0. The van der Waals surface area contributed by atoms with Crippen LogP contribution in [0, 0.1) is 5.92 Å². The van der Waals surface area contributed by atoms with Crippen LogP contribution in [0.3, 0.4) is 0 Å². The molecule has 4 nitrogen and oxygen atoms in total. The van der Waals surface area contributed by atoms with Gasteiger partial charge in [-0.15, -0.1) is 0 Å². The van der Waals surface area contributed by atoms with Crippen molar-refractivity contribution >= 4 is 5.91 Å². The molecule has 3 rings (SSSR count). The first-order chi connectivity index (χ1) is 5.78. The molecule has 2 aliphatic carbocycles. The molecule has 4 heteroatoms. The minimum absolute atomic E-state index is 0.225. The van der Waals surface area contributed by atoms with Crippen LogP contribution < -0.4 is 10.8 Å². The molecule has 0 bridgehead atoms. The van der Waals surface area contributed by atoms with Crippen LogP contribution in [0.1, 0.15) is 12.8 Å². The zero-order valence-electron chi connectivity index (χ0n) is 6.50. The predicted octanol–water partition coefficient (Wildman–Crippen LogP) is -0.448. The molecule has 0 radical (unpaired) electrons. The highest BCUT2D eigenvalue weighted by molar-refractivity contribution is 5.96. The van der Waals surface area contributed by atoms with Gasteiger partial charge in [0.2, 0.25) is 0 Å². The molecule has 3 N–H and O–H groups in total. The van der Waals surface area contributed by atoms with Crippen LogP contribution in [0.15, 0.2) is 11.6 Å². The number of carbonyl (C=O) groups excluding carboxylic acids is 1. The second-order valence-electron chi connectivity index (χ2n) is 3.83. The number of hydrogen-bond acceptors (Lipinski definition) is 3. The van der Waals surface area contributed by atoms with Crippen molar-refractivity contribution in [3.63, 3.8) is 0 Å². The number of carbonyl (C=O) groups is 1. The van der Waals surface area contributed by atoms with Crippen molar-refractivity contribution in [1.82, 2.24) is 10.8 Å². The van der Waals surface area contributed by atoms with Crippen LogP contribution in [0.4, 0.5) is 0 Å². The molecule has 1 aliphatic heterocycles. The normalized spacial score (nSPS) is 46.9. The van der Waals surface area contributed by atoms with E-state index in [4.69, 9.17) is 5.21 Å². The molecule has 64 valence electrons. The smallest absolute Gasteiger partial charge is 0.271 e. The maximum absolute atomic E-state index is 11.1. The van der Waals surface area contributed by atoms with Gasteiger partial charge in [0.25, 0.3) is 5.91 Å². The molecular weight excluding hydrogens is 156 g/mol. The first-order valence-corrected chi connectivity index (χ1v) is 4.22. The van der Waals surface area contributed by atoms with E-state index in [1.54, 1.807) is 5.48 Å². The van der Waals surface area contributed by atoms with Crippen LogP contribution in [0.2, 0.25) is 0 Å². The van der Waals surface area contributed by atoms with Crippen molar-refractivity contribution in [3.05, 3.63) is 11.6 Å². The third kappa shape index (κ3) is 0.518. The monoisotopic (exact) mass is 166 g/mol. The van der Waals surface area contributed by atoms with Gasteiger partial charge in [-0.2, -0.15) is 0 Å². The van der Waals surface area contributed by atoms with Gasteiger partial charge in [-0.25, -0.2) is 5.48 Å². The second-order valence-corrected chi connectivity index (χ2v) is 3.83. The van der Waals surface area contributed by atoms with Crippen molar-refractivity contribution < 1.29 is 10.0 Å². The largest absolute Gasteiger partial charge is 0.300 e. The average Bonchev–Trinajstić information content (AvgIpc) is 2.75. The highest BCUT2D eigenvalue weighted by Crippen LogP contribution is 2.58. The van der Waals surface area contributed by atoms with Crippen LogP contribution >= 0.6 is 0 Å². The van der Waals surface area contributed by atoms with E-state index in [0.29, 0.717) is 5.92 Å². The van der Waals surface area contributed by atoms with Gasteiger partial charge >= 0.3 is 0 Å². The van der Waals surface area contributed by atoms with Gasteiger partial charge in [0.05, 0.1) is 6.04 Å². The molecule has 0 aromatic carbocycles. The third-order valence-corrected chi connectivity index (χ3v) is 3.43. The Morgan fingerprint density at radius 3 is 3.00 bits per heavy atom. The molecular formula is C8H10N2O2. The van der Waals surface area contributed by atoms with E-state index in [0.717, 1.165) is 5.57 Å². The van der Waals surface area contributed by atoms with Crippen molar-refractivity contribution in [2.45, 2.75) is 24.4 Å². The van der Waals surface area contributed by atoms with E-state index in [9.17, 15) is 4.79 Å². The SMILES string of the molecule is O=C(NO)C1=CC2CCC23NC13. The minimum Gasteiger partial charge on any atom is -0.300 e. The molecule has 1 saturated heterocycles. The molecule has 2 fully saturated rings. The summed E-state index contributed by atoms with van der Waals surface area (Å²) >= 11 is 0. The molecule has 12 heavy (non-hydrogen) atoms. The summed E-state index contributed by atoms with van der Waals surface area (Å²) in [5.41, 5.74) is 2.64. The molecule has 0 aromatic heterocycles. The fourth-order valence-corrected chi connectivity index (χ4v) is 2.56. The summed E-state index contributed by atoms with van der Waals surface area (Å²) in [7, 11) is 0. The Labute approximate surface area is 69.6 Å². The molecule has 1 saturated carbocycles. The molecule has 1 heterocycles. The topological polar surface area (TPSA) is 71.3 Å². The maximum atomic E-state index is 11.1. The molecule has 3 unspecified atom stereocenters. The number of amides is 1. The van der Waals surface area contributed by atoms with E-state index in [1.807, 2.05) is 6.08 Å². The van der Waals surface area contributed by atoms with Crippen LogP contribution in [-0.4, -0.2) is 22.7 Å². The number of hydrogen-bond donors (Lipinski definition) is 3. The Balaban J connectivity index is 1.90. The summed E-state index contributed by atoms with van der Waals surface area (Å²) in [5, 5.41) is 11.8. The Hall–Kier alpha value is -0.870. The van der Waals surface area contributed by atoms with Crippen molar-refractivity contribution in [3.8, 4) is 0 Å². The van der Waals surface area contributed by atoms with Gasteiger partial charge in [0.15, 0.2) is 0 Å². The molecule has 1 spiro atoms. The summed E-state index contributed by atoms with van der Waals surface area (Å²) in [6, 6.07) is 0.225. The quantitative estimate of drug-likeness (QED) is 0.281.